The summed E-state index contributed by atoms with van der Waals surface area (Å²) in [6.07, 6.45) is 1.76. The number of hydrogen-bond donors (Lipinski definition) is 1. The second kappa shape index (κ2) is 6.03. The normalized spacial score (nSPS) is 24.1. The molecule has 3 heteroatoms. The number of benzene rings is 1. The van der Waals surface area contributed by atoms with Crippen molar-refractivity contribution in [3.63, 3.8) is 0 Å². The number of hydrogen-bond acceptors (Lipinski definition) is 3. The van der Waals surface area contributed by atoms with E-state index in [4.69, 9.17) is 10.5 Å². The van der Waals surface area contributed by atoms with Gasteiger partial charge in [0.05, 0.1) is 0 Å². The summed E-state index contributed by atoms with van der Waals surface area (Å²) >= 11 is 0. The first kappa shape index (κ1) is 13.1. The Morgan fingerprint density at radius 1 is 1.50 bits per heavy atom. The summed E-state index contributed by atoms with van der Waals surface area (Å²) in [4.78, 5) is 2.40. The van der Waals surface area contributed by atoms with E-state index < -0.39 is 0 Å². The van der Waals surface area contributed by atoms with Crippen molar-refractivity contribution in [1.29, 1.82) is 0 Å². The number of ether oxygens (including phenoxy) is 1. The summed E-state index contributed by atoms with van der Waals surface area (Å²) in [6.45, 7) is 9.43. The molecule has 3 nitrogen and oxygen atoms in total. The van der Waals surface area contributed by atoms with Gasteiger partial charge in [-0.15, -0.1) is 0 Å². The molecule has 0 amide bonds. The van der Waals surface area contributed by atoms with Gasteiger partial charge in [-0.2, -0.15) is 0 Å². The first-order valence-electron chi connectivity index (χ1n) is 6.49. The fraction of sp³-hybridized carbons (Fsp3) is 0.467. The van der Waals surface area contributed by atoms with Crippen LogP contribution in [0.3, 0.4) is 0 Å². The van der Waals surface area contributed by atoms with Gasteiger partial charge in [-0.3, -0.25) is 4.90 Å². The predicted molar refractivity (Wildman–Crippen MR) is 74.6 cm³/mol. The second-order valence-corrected chi connectivity index (χ2v) is 5.08. The molecule has 0 aromatic heterocycles. The van der Waals surface area contributed by atoms with Gasteiger partial charge in [-0.25, -0.2) is 0 Å². The molecule has 0 spiro atoms. The minimum absolute atomic E-state index is 0.310. The summed E-state index contributed by atoms with van der Waals surface area (Å²) in [7, 11) is 0. The number of nitrogens with zero attached hydrogens (tertiary/aromatic N) is 1. The van der Waals surface area contributed by atoms with Crippen molar-refractivity contribution < 1.29 is 4.74 Å². The van der Waals surface area contributed by atoms with Crippen LogP contribution >= 0.6 is 0 Å². The lowest BCUT2D eigenvalue weighted by molar-refractivity contribution is 0.317. The van der Waals surface area contributed by atoms with Crippen LogP contribution in [0.15, 0.2) is 36.9 Å². The largest absolute Gasteiger partial charge is 0.490 e. The lowest BCUT2D eigenvalue weighted by atomic mass is 10.1. The van der Waals surface area contributed by atoms with E-state index in [2.05, 4.69) is 30.5 Å². The fourth-order valence-electron chi connectivity index (χ4n) is 2.37. The van der Waals surface area contributed by atoms with Gasteiger partial charge in [0.25, 0.3) is 0 Å². The van der Waals surface area contributed by atoms with Crippen LogP contribution < -0.4 is 10.5 Å². The average Bonchev–Trinajstić information content (AvgIpc) is 2.66. The molecule has 0 radical (unpaired) electrons. The maximum absolute atomic E-state index is 6.04. The van der Waals surface area contributed by atoms with Crippen molar-refractivity contribution in [3.8, 4) is 5.75 Å². The Hall–Kier alpha value is -1.32. The van der Waals surface area contributed by atoms with E-state index in [0.717, 1.165) is 25.4 Å². The Labute approximate surface area is 109 Å². The van der Waals surface area contributed by atoms with Crippen LogP contribution in [0.5, 0.6) is 5.75 Å². The standard InChI is InChI=1S/C15H22N2O/c1-3-7-18-14-6-4-5-13(8-14)10-17-9-12(2)15(16)11-17/h3-6,8,12,15H,1,7,9-11,16H2,2H3. The molecule has 1 fully saturated rings. The van der Waals surface area contributed by atoms with Crippen molar-refractivity contribution in [2.75, 3.05) is 19.7 Å². The highest BCUT2D eigenvalue weighted by Gasteiger charge is 2.26. The SMILES string of the molecule is C=CCOc1cccc(CN2CC(C)C(N)C2)c1. The van der Waals surface area contributed by atoms with Gasteiger partial charge < -0.3 is 10.5 Å². The second-order valence-electron chi connectivity index (χ2n) is 5.08. The molecule has 1 aromatic carbocycles. The van der Waals surface area contributed by atoms with E-state index in [9.17, 15) is 0 Å². The van der Waals surface area contributed by atoms with E-state index in [1.54, 1.807) is 6.08 Å². The summed E-state index contributed by atoms with van der Waals surface area (Å²) in [6, 6.07) is 8.55. The third kappa shape index (κ3) is 3.34. The highest BCUT2D eigenvalue weighted by atomic mass is 16.5. The molecule has 2 rings (SSSR count). The van der Waals surface area contributed by atoms with Crippen LogP contribution in [0, 0.1) is 5.92 Å². The van der Waals surface area contributed by atoms with Gasteiger partial charge in [0.15, 0.2) is 0 Å². The molecular weight excluding hydrogens is 224 g/mol. The Morgan fingerprint density at radius 3 is 3.00 bits per heavy atom. The Kier molecular flexibility index (Phi) is 4.39. The van der Waals surface area contributed by atoms with Crippen molar-refractivity contribution in [2.45, 2.75) is 19.5 Å². The molecule has 1 aliphatic heterocycles. The maximum atomic E-state index is 6.04. The predicted octanol–water partition coefficient (Wildman–Crippen LogP) is 2.03. The average molecular weight is 246 g/mol. The molecule has 2 N–H and O–H groups in total. The lowest BCUT2D eigenvalue weighted by Crippen LogP contribution is -2.28. The molecule has 2 atom stereocenters. The van der Waals surface area contributed by atoms with Crippen LogP contribution in [0.1, 0.15) is 12.5 Å². The van der Waals surface area contributed by atoms with Gasteiger partial charge in [-0.1, -0.05) is 31.7 Å². The third-order valence-corrected chi connectivity index (χ3v) is 3.42. The van der Waals surface area contributed by atoms with Crippen molar-refractivity contribution in [2.24, 2.45) is 11.7 Å². The molecule has 1 saturated heterocycles. The van der Waals surface area contributed by atoms with E-state index in [0.29, 0.717) is 18.6 Å². The van der Waals surface area contributed by atoms with Crippen LogP contribution in [-0.4, -0.2) is 30.6 Å². The monoisotopic (exact) mass is 246 g/mol. The highest BCUT2D eigenvalue weighted by molar-refractivity contribution is 5.28. The number of rotatable bonds is 5. The van der Waals surface area contributed by atoms with Crippen LogP contribution in [-0.2, 0) is 6.54 Å². The molecule has 1 aromatic rings. The van der Waals surface area contributed by atoms with Crippen LogP contribution in [0.2, 0.25) is 0 Å². The maximum Gasteiger partial charge on any atom is 0.120 e. The third-order valence-electron chi connectivity index (χ3n) is 3.42. The van der Waals surface area contributed by atoms with Crippen LogP contribution in [0.25, 0.3) is 0 Å². The first-order valence-corrected chi connectivity index (χ1v) is 6.49. The summed E-state index contributed by atoms with van der Waals surface area (Å²) in [5.41, 5.74) is 7.32. The summed E-state index contributed by atoms with van der Waals surface area (Å²) < 4.78 is 5.54. The number of likely N-dealkylation sites (tertiary alicyclic amines) is 1. The number of nitrogens with two attached hydrogens (primary N) is 1. The topological polar surface area (TPSA) is 38.5 Å². The molecule has 0 aliphatic carbocycles. The van der Waals surface area contributed by atoms with Crippen LogP contribution in [0.4, 0.5) is 0 Å². The van der Waals surface area contributed by atoms with E-state index in [1.165, 1.54) is 5.56 Å². The zero-order valence-electron chi connectivity index (χ0n) is 11.0. The van der Waals surface area contributed by atoms with Gasteiger partial charge in [0.1, 0.15) is 12.4 Å². The zero-order chi connectivity index (χ0) is 13.0. The minimum atomic E-state index is 0.310. The highest BCUT2D eigenvalue weighted by Crippen LogP contribution is 2.19. The Morgan fingerprint density at radius 2 is 2.33 bits per heavy atom. The van der Waals surface area contributed by atoms with Crippen molar-refractivity contribution in [1.82, 2.24) is 4.90 Å². The van der Waals surface area contributed by atoms with Gasteiger partial charge in [0, 0.05) is 25.7 Å². The van der Waals surface area contributed by atoms with E-state index >= 15 is 0 Å². The first-order chi connectivity index (χ1) is 8.69. The summed E-state index contributed by atoms with van der Waals surface area (Å²) in [5.74, 6) is 1.49. The fourth-order valence-corrected chi connectivity index (χ4v) is 2.37. The molecule has 1 aliphatic rings. The Bertz CT molecular complexity index is 395. The molecule has 1 heterocycles. The quantitative estimate of drug-likeness (QED) is 0.808. The smallest absolute Gasteiger partial charge is 0.120 e. The molecular formula is C15H22N2O. The van der Waals surface area contributed by atoms with Crippen molar-refractivity contribution >= 4 is 0 Å². The zero-order valence-corrected chi connectivity index (χ0v) is 11.0. The molecule has 18 heavy (non-hydrogen) atoms. The lowest BCUT2D eigenvalue weighted by Gasteiger charge is -2.15. The molecule has 2 unspecified atom stereocenters. The minimum Gasteiger partial charge on any atom is -0.490 e. The Balaban J connectivity index is 1.95. The van der Waals surface area contributed by atoms with Gasteiger partial charge in [0.2, 0.25) is 0 Å². The van der Waals surface area contributed by atoms with Gasteiger partial charge >= 0.3 is 0 Å². The van der Waals surface area contributed by atoms with E-state index in [-0.39, 0.29) is 0 Å². The van der Waals surface area contributed by atoms with Crippen molar-refractivity contribution in [3.05, 3.63) is 42.5 Å². The molecule has 98 valence electrons. The molecule has 0 bridgehead atoms. The molecule has 0 saturated carbocycles. The van der Waals surface area contributed by atoms with Gasteiger partial charge in [-0.05, 0) is 23.6 Å². The summed E-state index contributed by atoms with van der Waals surface area (Å²) in [5, 5.41) is 0. The van der Waals surface area contributed by atoms with E-state index in [1.807, 2.05) is 12.1 Å².